The summed E-state index contributed by atoms with van der Waals surface area (Å²) in [6.45, 7) is 7.56. The summed E-state index contributed by atoms with van der Waals surface area (Å²) in [5.41, 5.74) is 1.35. The summed E-state index contributed by atoms with van der Waals surface area (Å²) in [6.07, 6.45) is 0. The minimum atomic E-state index is -0.199. The van der Waals surface area contributed by atoms with Gasteiger partial charge in [-0.2, -0.15) is 0 Å². The van der Waals surface area contributed by atoms with Crippen LogP contribution in [-0.2, 0) is 0 Å². The first kappa shape index (κ1) is 6.91. The molecule has 0 amide bonds. The molecule has 2 rings (SSSR count). The fourth-order valence-corrected chi connectivity index (χ4v) is 1.17. The minimum Gasteiger partial charge on any atom is -0.306 e. The third-order valence-electron chi connectivity index (χ3n) is 1.84. The van der Waals surface area contributed by atoms with Crippen molar-refractivity contribution in [2.45, 2.75) is 0 Å². The Balaban J connectivity index is 3.12. The molecule has 60 valence electrons. The Kier molecular flexibility index (Phi) is 1.21. The highest BCUT2D eigenvalue weighted by atomic mass is 16.1. The second kappa shape index (κ2) is 2.11. The van der Waals surface area contributed by atoms with Gasteiger partial charge >= 0.3 is 5.69 Å². The van der Waals surface area contributed by atoms with E-state index in [0.29, 0.717) is 0 Å². The number of nitrogens with one attached hydrogen (secondary N) is 2. The molecule has 0 aliphatic rings. The fraction of sp³-hybridized carbons (Fsp3) is 0. The smallest absolute Gasteiger partial charge is 0.306 e. The van der Waals surface area contributed by atoms with Gasteiger partial charge in [-0.05, 0) is 22.6 Å². The van der Waals surface area contributed by atoms with Gasteiger partial charge in [0.05, 0.1) is 11.0 Å². The van der Waals surface area contributed by atoms with Crippen molar-refractivity contribution in [3.63, 3.8) is 0 Å². The van der Waals surface area contributed by atoms with E-state index in [1.807, 2.05) is 0 Å². The van der Waals surface area contributed by atoms with E-state index >= 15 is 0 Å². The molecule has 3 nitrogen and oxygen atoms in total. The Morgan fingerprint density at radius 2 is 1.42 bits per heavy atom. The molecule has 3 heteroatoms. The standard InChI is InChI=1S/C9H8N2O/c1-5-3-7-8(4-6(5)2)11-9(12)10-7/h3-4H,1-2H2,(H2,10,11,12). The average Bonchev–Trinajstić information content (AvgIpc) is 2.30. The summed E-state index contributed by atoms with van der Waals surface area (Å²) in [5.74, 6) is 0. The molecule has 0 unspecified atom stereocenters. The molecule has 0 aliphatic carbocycles. The molecular formula is C9H8N2O. The lowest BCUT2D eigenvalue weighted by molar-refractivity contribution is 1.21. The van der Waals surface area contributed by atoms with Gasteiger partial charge in [0.25, 0.3) is 0 Å². The summed E-state index contributed by atoms with van der Waals surface area (Å²) >= 11 is 0. The zero-order valence-corrected chi connectivity index (χ0v) is 6.48. The number of aromatic amines is 2. The summed E-state index contributed by atoms with van der Waals surface area (Å²) in [4.78, 5) is 16.2. The maximum atomic E-state index is 10.9. The van der Waals surface area contributed by atoms with Crippen LogP contribution in [0, 0.1) is 0 Å². The SMILES string of the molecule is C=c1cc2[nH]c(=O)[nH]c2cc1=C. The van der Waals surface area contributed by atoms with Gasteiger partial charge < -0.3 is 9.97 Å². The molecule has 2 N–H and O–H groups in total. The van der Waals surface area contributed by atoms with E-state index in [0.717, 1.165) is 21.5 Å². The molecule has 0 aliphatic heterocycles. The third-order valence-corrected chi connectivity index (χ3v) is 1.84. The van der Waals surface area contributed by atoms with Crippen molar-refractivity contribution in [3.05, 3.63) is 33.1 Å². The number of aromatic nitrogens is 2. The molecule has 0 saturated heterocycles. The molecule has 12 heavy (non-hydrogen) atoms. The van der Waals surface area contributed by atoms with E-state index in [2.05, 4.69) is 23.1 Å². The van der Waals surface area contributed by atoms with Crippen LogP contribution in [0.1, 0.15) is 0 Å². The number of hydrogen-bond acceptors (Lipinski definition) is 1. The molecule has 1 aromatic heterocycles. The molecular weight excluding hydrogens is 152 g/mol. The maximum absolute atomic E-state index is 10.9. The van der Waals surface area contributed by atoms with Gasteiger partial charge in [0, 0.05) is 0 Å². The third kappa shape index (κ3) is 0.871. The number of fused-ring (bicyclic) bond motifs is 1. The van der Waals surface area contributed by atoms with Gasteiger partial charge in [0.15, 0.2) is 0 Å². The first-order valence-electron chi connectivity index (χ1n) is 3.57. The summed E-state index contributed by atoms with van der Waals surface area (Å²) in [5, 5.41) is 1.66. The Morgan fingerprint density at radius 1 is 1.00 bits per heavy atom. The molecule has 0 atom stereocenters. The van der Waals surface area contributed by atoms with Gasteiger partial charge in [-0.3, -0.25) is 0 Å². The number of benzene rings is 1. The van der Waals surface area contributed by atoms with Crippen LogP contribution in [0.15, 0.2) is 16.9 Å². The monoisotopic (exact) mass is 160 g/mol. The van der Waals surface area contributed by atoms with Crippen LogP contribution >= 0.6 is 0 Å². The van der Waals surface area contributed by atoms with E-state index in [-0.39, 0.29) is 5.69 Å². The van der Waals surface area contributed by atoms with Crippen molar-refractivity contribution >= 4 is 24.2 Å². The first-order valence-corrected chi connectivity index (χ1v) is 3.57. The van der Waals surface area contributed by atoms with Gasteiger partial charge in [0.2, 0.25) is 0 Å². The molecule has 0 spiro atoms. The highest BCUT2D eigenvalue weighted by Gasteiger charge is 1.95. The number of rotatable bonds is 0. The minimum absolute atomic E-state index is 0.199. The van der Waals surface area contributed by atoms with Crippen LogP contribution in [0.25, 0.3) is 24.2 Å². The summed E-state index contributed by atoms with van der Waals surface area (Å²) in [7, 11) is 0. The van der Waals surface area contributed by atoms with Crippen LogP contribution in [0.3, 0.4) is 0 Å². The Hall–Kier alpha value is -1.77. The molecule has 0 fully saturated rings. The lowest BCUT2D eigenvalue weighted by atomic mass is 10.2. The zero-order valence-electron chi connectivity index (χ0n) is 6.48. The lowest BCUT2D eigenvalue weighted by Crippen LogP contribution is -2.20. The zero-order chi connectivity index (χ0) is 8.72. The Labute approximate surface area is 68.1 Å². The van der Waals surface area contributed by atoms with Crippen molar-refractivity contribution in [3.8, 4) is 0 Å². The van der Waals surface area contributed by atoms with Gasteiger partial charge in [0.1, 0.15) is 0 Å². The quantitative estimate of drug-likeness (QED) is 0.545. The number of hydrogen-bond donors (Lipinski definition) is 2. The van der Waals surface area contributed by atoms with Crippen molar-refractivity contribution < 1.29 is 0 Å². The molecule has 0 saturated carbocycles. The van der Waals surface area contributed by atoms with Crippen LogP contribution in [0.2, 0.25) is 0 Å². The van der Waals surface area contributed by atoms with Gasteiger partial charge in [-0.15, -0.1) is 0 Å². The van der Waals surface area contributed by atoms with Crippen molar-refractivity contribution in [2.75, 3.05) is 0 Å². The van der Waals surface area contributed by atoms with Crippen molar-refractivity contribution in [2.24, 2.45) is 0 Å². The molecule has 2 aromatic rings. The Bertz CT molecular complexity index is 527. The van der Waals surface area contributed by atoms with E-state index in [1.165, 1.54) is 0 Å². The highest BCUT2D eigenvalue weighted by Crippen LogP contribution is 1.97. The van der Waals surface area contributed by atoms with Gasteiger partial charge in [-0.25, -0.2) is 4.79 Å². The lowest BCUT2D eigenvalue weighted by Gasteiger charge is -1.87. The predicted molar refractivity (Wildman–Crippen MR) is 49.2 cm³/mol. The van der Waals surface area contributed by atoms with Crippen molar-refractivity contribution in [1.82, 2.24) is 9.97 Å². The van der Waals surface area contributed by atoms with Crippen LogP contribution < -0.4 is 16.1 Å². The van der Waals surface area contributed by atoms with E-state index in [9.17, 15) is 4.79 Å². The summed E-state index contributed by atoms with van der Waals surface area (Å²) in [6, 6.07) is 3.60. The number of imidazole rings is 1. The highest BCUT2D eigenvalue weighted by molar-refractivity contribution is 5.74. The first-order chi connectivity index (χ1) is 5.66. The molecule has 1 aromatic carbocycles. The number of H-pyrrole nitrogens is 2. The molecule has 0 bridgehead atoms. The fourth-order valence-electron chi connectivity index (χ4n) is 1.17. The maximum Gasteiger partial charge on any atom is 0.323 e. The van der Waals surface area contributed by atoms with E-state index in [1.54, 1.807) is 12.1 Å². The van der Waals surface area contributed by atoms with Crippen LogP contribution in [0.4, 0.5) is 0 Å². The largest absolute Gasteiger partial charge is 0.323 e. The van der Waals surface area contributed by atoms with Crippen LogP contribution in [0.5, 0.6) is 0 Å². The second-order valence-electron chi connectivity index (χ2n) is 2.75. The molecule has 1 heterocycles. The second-order valence-corrected chi connectivity index (χ2v) is 2.75. The Morgan fingerprint density at radius 3 is 1.83 bits per heavy atom. The average molecular weight is 160 g/mol. The van der Waals surface area contributed by atoms with Gasteiger partial charge in [-0.1, -0.05) is 13.2 Å². The predicted octanol–water partition coefficient (Wildman–Crippen LogP) is -0.323. The normalized spacial score (nSPS) is 10.7. The van der Waals surface area contributed by atoms with E-state index in [4.69, 9.17) is 0 Å². The van der Waals surface area contributed by atoms with Crippen molar-refractivity contribution in [1.29, 1.82) is 0 Å². The summed E-state index contributed by atoms with van der Waals surface area (Å²) < 4.78 is 0. The molecule has 0 radical (unpaired) electrons. The van der Waals surface area contributed by atoms with Crippen LogP contribution in [-0.4, -0.2) is 9.97 Å². The topological polar surface area (TPSA) is 48.6 Å². The van der Waals surface area contributed by atoms with E-state index < -0.39 is 0 Å².